The average Bonchev–Trinajstić information content (AvgIpc) is 2.96. The summed E-state index contributed by atoms with van der Waals surface area (Å²) in [4.78, 5) is 26.4. The van der Waals surface area contributed by atoms with Crippen molar-refractivity contribution in [3.05, 3.63) is 29.8 Å². The van der Waals surface area contributed by atoms with Gasteiger partial charge in [-0.15, -0.1) is 0 Å². The maximum atomic E-state index is 12.5. The number of alkyl halides is 2. The normalized spacial score (nSPS) is 20.3. The van der Waals surface area contributed by atoms with E-state index in [1.165, 1.54) is 24.3 Å². The molecule has 2 rings (SSSR count). The lowest BCUT2D eigenvalue weighted by atomic mass is 9.88. The number of hydrogen-bond acceptors (Lipinski definition) is 3. The van der Waals surface area contributed by atoms with Gasteiger partial charge in [0, 0.05) is 25.2 Å². The smallest absolute Gasteiger partial charge is 0.387 e. The van der Waals surface area contributed by atoms with E-state index >= 15 is 0 Å². The van der Waals surface area contributed by atoms with Crippen molar-refractivity contribution in [2.75, 3.05) is 19.6 Å². The first kappa shape index (κ1) is 18.2. The molecule has 1 heterocycles. The van der Waals surface area contributed by atoms with E-state index in [2.05, 4.69) is 10.1 Å². The number of carbonyl (C=O) groups excluding carboxylic acids is 2. The zero-order valence-corrected chi connectivity index (χ0v) is 13.9. The number of nitrogens with one attached hydrogen (secondary N) is 1. The molecule has 1 fully saturated rings. The van der Waals surface area contributed by atoms with Gasteiger partial charge >= 0.3 is 6.61 Å². The molecule has 2 amide bonds. The number of halogens is 2. The number of amides is 2. The van der Waals surface area contributed by atoms with Crippen molar-refractivity contribution in [2.24, 2.45) is 5.41 Å². The summed E-state index contributed by atoms with van der Waals surface area (Å²) in [5.74, 6) is -0.252. The maximum absolute atomic E-state index is 12.5. The number of rotatable bonds is 6. The fourth-order valence-corrected chi connectivity index (χ4v) is 2.73. The molecule has 0 bridgehead atoms. The number of benzene rings is 1. The molecule has 1 aliphatic heterocycles. The first-order valence-electron chi connectivity index (χ1n) is 7.98. The van der Waals surface area contributed by atoms with Crippen LogP contribution in [0.4, 0.5) is 8.78 Å². The third kappa shape index (κ3) is 4.21. The third-order valence-electron chi connectivity index (χ3n) is 4.17. The third-order valence-corrected chi connectivity index (χ3v) is 4.17. The molecular formula is C17H22F2N2O3. The molecule has 1 aromatic carbocycles. The summed E-state index contributed by atoms with van der Waals surface area (Å²) in [6.45, 7) is 2.39. The van der Waals surface area contributed by atoms with E-state index in [4.69, 9.17) is 0 Å². The minimum absolute atomic E-state index is 0.00625. The number of likely N-dealkylation sites (tertiary alicyclic amines) is 1. The second kappa shape index (κ2) is 7.59. The van der Waals surface area contributed by atoms with Gasteiger partial charge in [0.2, 0.25) is 5.91 Å². The highest BCUT2D eigenvalue weighted by Crippen LogP contribution is 2.31. The highest BCUT2D eigenvalue weighted by atomic mass is 19.3. The van der Waals surface area contributed by atoms with Crippen LogP contribution >= 0.6 is 0 Å². The highest BCUT2D eigenvalue weighted by molar-refractivity contribution is 5.95. The Balaban J connectivity index is 2.00. The van der Waals surface area contributed by atoms with Gasteiger partial charge in [0.15, 0.2) is 0 Å². The Bertz CT molecular complexity index is 592. The van der Waals surface area contributed by atoms with Gasteiger partial charge in [-0.1, -0.05) is 6.92 Å². The van der Waals surface area contributed by atoms with Crippen molar-refractivity contribution in [1.82, 2.24) is 10.2 Å². The second-order valence-corrected chi connectivity index (χ2v) is 6.20. The number of ether oxygens (including phenoxy) is 1. The van der Waals surface area contributed by atoms with Crippen LogP contribution < -0.4 is 10.1 Å². The topological polar surface area (TPSA) is 58.6 Å². The van der Waals surface area contributed by atoms with Gasteiger partial charge < -0.3 is 15.0 Å². The van der Waals surface area contributed by atoms with Gasteiger partial charge in [-0.25, -0.2) is 0 Å². The SMILES string of the molecule is CCCNC(=O)C1(C)CCN(C(=O)c2ccc(OC(F)F)cc2)C1. The van der Waals surface area contributed by atoms with E-state index in [1.807, 2.05) is 13.8 Å². The van der Waals surface area contributed by atoms with Gasteiger partial charge in [0.05, 0.1) is 5.41 Å². The van der Waals surface area contributed by atoms with Crippen LogP contribution in [0, 0.1) is 5.41 Å². The van der Waals surface area contributed by atoms with Crippen LogP contribution in [0.1, 0.15) is 37.0 Å². The Morgan fingerprint density at radius 3 is 2.58 bits per heavy atom. The number of nitrogens with zero attached hydrogens (tertiary/aromatic N) is 1. The molecule has 1 unspecified atom stereocenters. The van der Waals surface area contributed by atoms with Crippen LogP contribution in [0.5, 0.6) is 5.75 Å². The molecule has 1 aliphatic rings. The molecule has 0 aliphatic carbocycles. The molecule has 0 radical (unpaired) electrons. The first-order valence-corrected chi connectivity index (χ1v) is 7.98. The van der Waals surface area contributed by atoms with E-state index < -0.39 is 12.0 Å². The quantitative estimate of drug-likeness (QED) is 0.866. The van der Waals surface area contributed by atoms with Crippen molar-refractivity contribution in [2.45, 2.75) is 33.3 Å². The molecule has 1 saturated heterocycles. The van der Waals surface area contributed by atoms with Crippen molar-refractivity contribution in [1.29, 1.82) is 0 Å². The lowest BCUT2D eigenvalue weighted by Gasteiger charge is -2.23. The van der Waals surface area contributed by atoms with E-state index in [9.17, 15) is 18.4 Å². The Hall–Kier alpha value is -2.18. The van der Waals surface area contributed by atoms with E-state index in [1.54, 1.807) is 4.90 Å². The van der Waals surface area contributed by atoms with Crippen LogP contribution in [0.25, 0.3) is 0 Å². The maximum Gasteiger partial charge on any atom is 0.387 e. The first-order chi connectivity index (χ1) is 11.4. The standard InChI is InChI=1S/C17H22F2N2O3/c1-3-9-20-15(23)17(2)8-10-21(11-17)14(22)12-4-6-13(7-5-12)24-16(18)19/h4-7,16H,3,8-11H2,1-2H3,(H,20,23). The minimum Gasteiger partial charge on any atom is -0.435 e. The molecule has 0 saturated carbocycles. The summed E-state index contributed by atoms with van der Waals surface area (Å²) in [5, 5.41) is 2.88. The molecular weight excluding hydrogens is 318 g/mol. The van der Waals surface area contributed by atoms with Gasteiger partial charge in [-0.3, -0.25) is 9.59 Å². The Kier molecular flexibility index (Phi) is 5.75. The van der Waals surface area contributed by atoms with Gasteiger partial charge in [-0.2, -0.15) is 8.78 Å². The highest BCUT2D eigenvalue weighted by Gasteiger charge is 2.41. The van der Waals surface area contributed by atoms with E-state index in [0.717, 1.165) is 6.42 Å². The van der Waals surface area contributed by atoms with Crippen molar-refractivity contribution in [3.63, 3.8) is 0 Å². The fourth-order valence-electron chi connectivity index (χ4n) is 2.73. The Morgan fingerprint density at radius 2 is 2.00 bits per heavy atom. The molecule has 1 atom stereocenters. The fraction of sp³-hybridized carbons (Fsp3) is 0.529. The van der Waals surface area contributed by atoms with Crippen LogP contribution in [0.2, 0.25) is 0 Å². The minimum atomic E-state index is -2.90. The van der Waals surface area contributed by atoms with Gasteiger partial charge in [0.25, 0.3) is 5.91 Å². The molecule has 1 aromatic rings. The molecule has 132 valence electrons. The van der Waals surface area contributed by atoms with Crippen LogP contribution in [-0.4, -0.2) is 43.0 Å². The zero-order valence-electron chi connectivity index (χ0n) is 13.9. The van der Waals surface area contributed by atoms with E-state index in [0.29, 0.717) is 31.6 Å². The molecule has 7 heteroatoms. The monoisotopic (exact) mass is 340 g/mol. The Labute approximate surface area is 140 Å². The van der Waals surface area contributed by atoms with Crippen LogP contribution in [0.15, 0.2) is 24.3 Å². The Morgan fingerprint density at radius 1 is 1.33 bits per heavy atom. The molecule has 1 N–H and O–H groups in total. The summed E-state index contributed by atoms with van der Waals surface area (Å²) < 4.78 is 28.5. The summed E-state index contributed by atoms with van der Waals surface area (Å²) in [5.41, 5.74) is -0.210. The predicted octanol–water partition coefficient (Wildman–Crippen LogP) is 2.67. The van der Waals surface area contributed by atoms with Crippen LogP contribution in [-0.2, 0) is 4.79 Å². The van der Waals surface area contributed by atoms with Crippen LogP contribution in [0.3, 0.4) is 0 Å². The molecule has 5 nitrogen and oxygen atoms in total. The van der Waals surface area contributed by atoms with Gasteiger partial charge in [0.1, 0.15) is 5.75 Å². The van der Waals surface area contributed by atoms with Crippen molar-refractivity contribution < 1.29 is 23.1 Å². The lowest BCUT2D eigenvalue weighted by Crippen LogP contribution is -2.42. The average molecular weight is 340 g/mol. The summed E-state index contributed by atoms with van der Waals surface area (Å²) in [6, 6.07) is 5.57. The number of hydrogen-bond donors (Lipinski definition) is 1. The summed E-state index contributed by atoms with van der Waals surface area (Å²) in [7, 11) is 0. The molecule has 0 aromatic heterocycles. The summed E-state index contributed by atoms with van der Waals surface area (Å²) in [6.07, 6.45) is 1.46. The number of carbonyl (C=O) groups is 2. The zero-order chi connectivity index (χ0) is 17.7. The predicted molar refractivity (Wildman–Crippen MR) is 85.0 cm³/mol. The largest absolute Gasteiger partial charge is 0.435 e. The summed E-state index contributed by atoms with van der Waals surface area (Å²) >= 11 is 0. The second-order valence-electron chi connectivity index (χ2n) is 6.20. The lowest BCUT2D eigenvalue weighted by molar-refractivity contribution is -0.129. The van der Waals surface area contributed by atoms with E-state index in [-0.39, 0.29) is 17.6 Å². The van der Waals surface area contributed by atoms with Crippen molar-refractivity contribution in [3.8, 4) is 5.75 Å². The van der Waals surface area contributed by atoms with Gasteiger partial charge in [-0.05, 0) is 44.0 Å². The molecule has 24 heavy (non-hydrogen) atoms. The molecule has 0 spiro atoms. The van der Waals surface area contributed by atoms with Crippen molar-refractivity contribution >= 4 is 11.8 Å².